The maximum Gasteiger partial charge on any atom is 0.255 e. The van der Waals surface area contributed by atoms with Crippen LogP contribution >= 0.6 is 0 Å². The van der Waals surface area contributed by atoms with Gasteiger partial charge in [-0.25, -0.2) is 0 Å². The fraction of sp³-hybridized carbons (Fsp3) is 0.240. The molecule has 0 saturated carbocycles. The number of rotatable bonds is 5. The molecule has 0 fully saturated rings. The summed E-state index contributed by atoms with van der Waals surface area (Å²) < 4.78 is 0. The van der Waals surface area contributed by atoms with Gasteiger partial charge in [-0.2, -0.15) is 0 Å². The first-order valence-electron chi connectivity index (χ1n) is 9.96. The van der Waals surface area contributed by atoms with Gasteiger partial charge < -0.3 is 10.6 Å². The predicted octanol–water partition coefficient (Wildman–Crippen LogP) is 4.93. The molecule has 28 heavy (non-hydrogen) atoms. The van der Waals surface area contributed by atoms with Crippen molar-refractivity contribution in [2.45, 2.75) is 19.3 Å². The maximum atomic E-state index is 12.8. The van der Waals surface area contributed by atoms with Crippen LogP contribution in [0.2, 0.25) is 0 Å². The Labute approximate surface area is 166 Å². The normalized spacial score (nSPS) is 15.7. The maximum absolute atomic E-state index is 12.8. The molecule has 0 aliphatic heterocycles. The fourth-order valence-electron chi connectivity index (χ4n) is 4.05. The van der Waals surface area contributed by atoms with Crippen LogP contribution in [-0.4, -0.2) is 19.5 Å². The van der Waals surface area contributed by atoms with Gasteiger partial charge in [0.25, 0.3) is 5.91 Å². The summed E-state index contributed by atoms with van der Waals surface area (Å²) in [6, 6.07) is 24.3. The molecule has 0 radical (unpaired) electrons. The van der Waals surface area contributed by atoms with E-state index in [0.29, 0.717) is 11.5 Å². The minimum atomic E-state index is -0.0680. The van der Waals surface area contributed by atoms with Gasteiger partial charge in [0.2, 0.25) is 0 Å². The van der Waals surface area contributed by atoms with Crippen LogP contribution in [0.1, 0.15) is 27.9 Å². The zero-order valence-electron chi connectivity index (χ0n) is 16.2. The molecule has 1 aliphatic carbocycles. The van der Waals surface area contributed by atoms with Gasteiger partial charge in [-0.15, -0.1) is 0 Å². The van der Waals surface area contributed by atoms with Crippen LogP contribution in [0.5, 0.6) is 0 Å². The topological polar surface area (TPSA) is 41.1 Å². The van der Waals surface area contributed by atoms with Crippen molar-refractivity contribution >= 4 is 11.6 Å². The van der Waals surface area contributed by atoms with E-state index in [-0.39, 0.29) is 5.91 Å². The Bertz CT molecular complexity index is 965. The van der Waals surface area contributed by atoms with E-state index in [9.17, 15) is 4.79 Å². The molecule has 1 atom stereocenters. The molecule has 142 valence electrons. The molecule has 0 bridgehead atoms. The molecule has 1 unspecified atom stereocenters. The molecule has 1 aliphatic rings. The average Bonchev–Trinajstić information content (AvgIpc) is 2.75. The van der Waals surface area contributed by atoms with E-state index in [2.05, 4.69) is 34.9 Å². The predicted molar refractivity (Wildman–Crippen MR) is 116 cm³/mol. The molecular formula is C25H26N2O. The van der Waals surface area contributed by atoms with Crippen LogP contribution in [0.4, 0.5) is 5.69 Å². The van der Waals surface area contributed by atoms with Crippen molar-refractivity contribution in [3.63, 3.8) is 0 Å². The van der Waals surface area contributed by atoms with Crippen LogP contribution < -0.4 is 10.6 Å². The zero-order chi connectivity index (χ0) is 19.3. The quantitative estimate of drug-likeness (QED) is 0.669. The van der Waals surface area contributed by atoms with Crippen molar-refractivity contribution in [3.8, 4) is 11.1 Å². The van der Waals surface area contributed by atoms with Crippen molar-refractivity contribution < 1.29 is 4.79 Å². The Kier molecular flexibility index (Phi) is 5.54. The first-order valence-corrected chi connectivity index (χ1v) is 9.96. The van der Waals surface area contributed by atoms with Crippen LogP contribution in [0.15, 0.2) is 72.8 Å². The molecule has 4 rings (SSSR count). The second-order valence-corrected chi connectivity index (χ2v) is 7.55. The SMILES string of the molecule is CNCC1CCc2cc(NC(=O)c3cccc(-c4ccccc4)c3)ccc2C1. The minimum Gasteiger partial charge on any atom is -0.322 e. The van der Waals surface area contributed by atoms with Crippen molar-refractivity contribution in [1.29, 1.82) is 0 Å². The highest BCUT2D eigenvalue weighted by atomic mass is 16.1. The highest BCUT2D eigenvalue weighted by Crippen LogP contribution is 2.28. The van der Waals surface area contributed by atoms with Gasteiger partial charge in [-0.05, 0) is 85.3 Å². The number of amides is 1. The molecule has 0 heterocycles. The molecular weight excluding hydrogens is 344 g/mol. The Morgan fingerprint density at radius 3 is 2.57 bits per heavy atom. The molecule has 2 N–H and O–H groups in total. The van der Waals surface area contributed by atoms with Gasteiger partial charge in [0.05, 0.1) is 0 Å². The molecule has 3 aromatic carbocycles. The zero-order valence-corrected chi connectivity index (χ0v) is 16.2. The fourth-order valence-corrected chi connectivity index (χ4v) is 4.05. The molecule has 0 aromatic heterocycles. The number of hydrogen-bond acceptors (Lipinski definition) is 2. The highest BCUT2D eigenvalue weighted by molar-refractivity contribution is 6.05. The van der Waals surface area contributed by atoms with Gasteiger partial charge in [0.15, 0.2) is 0 Å². The minimum absolute atomic E-state index is 0.0680. The lowest BCUT2D eigenvalue weighted by Gasteiger charge is -2.25. The summed E-state index contributed by atoms with van der Waals surface area (Å²) in [4.78, 5) is 12.8. The van der Waals surface area contributed by atoms with E-state index < -0.39 is 0 Å². The number of aryl methyl sites for hydroxylation is 1. The Morgan fingerprint density at radius 1 is 0.929 bits per heavy atom. The van der Waals surface area contributed by atoms with Crippen molar-refractivity contribution in [2.24, 2.45) is 5.92 Å². The van der Waals surface area contributed by atoms with Gasteiger partial charge in [-0.1, -0.05) is 48.5 Å². The summed E-state index contributed by atoms with van der Waals surface area (Å²) in [7, 11) is 2.01. The van der Waals surface area contributed by atoms with E-state index in [1.807, 2.05) is 55.6 Å². The van der Waals surface area contributed by atoms with Crippen molar-refractivity contribution in [3.05, 3.63) is 89.5 Å². The third-order valence-electron chi connectivity index (χ3n) is 5.52. The van der Waals surface area contributed by atoms with Gasteiger partial charge in [0.1, 0.15) is 0 Å². The lowest BCUT2D eigenvalue weighted by Crippen LogP contribution is -2.24. The third kappa shape index (κ3) is 4.15. The number of benzene rings is 3. The number of carbonyl (C=O) groups is 1. The second kappa shape index (κ2) is 8.41. The summed E-state index contributed by atoms with van der Waals surface area (Å²) in [6.07, 6.45) is 3.39. The van der Waals surface area contributed by atoms with Crippen molar-refractivity contribution in [1.82, 2.24) is 5.32 Å². The number of fused-ring (bicyclic) bond motifs is 1. The van der Waals surface area contributed by atoms with Gasteiger partial charge >= 0.3 is 0 Å². The summed E-state index contributed by atoms with van der Waals surface area (Å²) >= 11 is 0. The van der Waals surface area contributed by atoms with Crippen LogP contribution in [0, 0.1) is 5.92 Å². The molecule has 3 nitrogen and oxygen atoms in total. The molecule has 0 saturated heterocycles. The summed E-state index contributed by atoms with van der Waals surface area (Å²) in [6.45, 7) is 1.07. The van der Waals surface area contributed by atoms with Crippen LogP contribution in [-0.2, 0) is 12.8 Å². The number of anilines is 1. The second-order valence-electron chi connectivity index (χ2n) is 7.55. The summed E-state index contributed by atoms with van der Waals surface area (Å²) in [5.41, 5.74) is 6.49. The van der Waals surface area contributed by atoms with Crippen molar-refractivity contribution in [2.75, 3.05) is 18.9 Å². The number of carbonyl (C=O) groups excluding carboxylic acids is 1. The van der Waals surface area contributed by atoms with E-state index in [1.54, 1.807) is 0 Å². The first kappa shape index (κ1) is 18.5. The number of nitrogens with one attached hydrogen (secondary N) is 2. The molecule has 3 aromatic rings. The largest absolute Gasteiger partial charge is 0.322 e. The van der Waals surface area contributed by atoms with Gasteiger partial charge in [-0.3, -0.25) is 4.79 Å². The summed E-state index contributed by atoms with van der Waals surface area (Å²) in [5, 5.41) is 6.36. The molecule has 3 heteroatoms. The van der Waals surface area contributed by atoms with E-state index >= 15 is 0 Å². The van der Waals surface area contributed by atoms with Crippen LogP contribution in [0.25, 0.3) is 11.1 Å². The summed E-state index contributed by atoms with van der Waals surface area (Å²) in [5.74, 6) is 0.639. The van der Waals surface area contributed by atoms with E-state index in [1.165, 1.54) is 17.5 Å². The van der Waals surface area contributed by atoms with E-state index in [0.717, 1.165) is 36.2 Å². The molecule has 1 amide bonds. The molecule has 0 spiro atoms. The Balaban J connectivity index is 1.49. The lowest BCUT2D eigenvalue weighted by atomic mass is 9.83. The smallest absolute Gasteiger partial charge is 0.255 e. The van der Waals surface area contributed by atoms with E-state index in [4.69, 9.17) is 0 Å². The highest BCUT2D eigenvalue weighted by Gasteiger charge is 2.18. The third-order valence-corrected chi connectivity index (χ3v) is 5.52. The lowest BCUT2D eigenvalue weighted by molar-refractivity contribution is 0.102. The standard InChI is InChI=1S/C25H26N2O/c1-26-17-18-10-11-22-16-24(13-12-21(22)14-18)27-25(28)23-9-5-8-20(15-23)19-6-3-2-4-7-19/h2-9,12-13,15-16,18,26H,10-11,14,17H2,1H3,(H,27,28). The number of hydrogen-bond donors (Lipinski definition) is 2. The van der Waals surface area contributed by atoms with Crippen LogP contribution in [0.3, 0.4) is 0 Å². The Hall–Kier alpha value is -2.91. The monoisotopic (exact) mass is 370 g/mol. The first-order chi connectivity index (χ1) is 13.7. The van der Waals surface area contributed by atoms with Gasteiger partial charge in [0, 0.05) is 11.3 Å². The average molecular weight is 370 g/mol. The Morgan fingerprint density at radius 2 is 1.75 bits per heavy atom.